The minimum atomic E-state index is -0.586. The minimum absolute atomic E-state index is 0.112. The number of rotatable bonds is 7. The molecule has 0 rings (SSSR count). The quantitative estimate of drug-likeness (QED) is 0.439. The lowest BCUT2D eigenvalue weighted by Crippen LogP contribution is -2.50. The molecule has 0 bridgehead atoms. The fourth-order valence-corrected chi connectivity index (χ4v) is 1.34. The van der Waals surface area contributed by atoms with Gasteiger partial charge in [-0.25, -0.2) is 4.79 Å². The third-order valence-corrected chi connectivity index (χ3v) is 2.28. The van der Waals surface area contributed by atoms with Gasteiger partial charge in [0.05, 0.1) is 19.3 Å². The molecule has 1 unspecified atom stereocenters. The molecule has 0 saturated heterocycles. The molecule has 0 saturated carbocycles. The van der Waals surface area contributed by atoms with Crippen LogP contribution in [0.3, 0.4) is 0 Å². The van der Waals surface area contributed by atoms with Crippen molar-refractivity contribution in [3.8, 4) is 0 Å². The molecule has 0 aliphatic heterocycles. The van der Waals surface area contributed by atoms with Gasteiger partial charge in [-0.15, -0.1) is 0 Å². The van der Waals surface area contributed by atoms with Crippen LogP contribution in [0.4, 0.5) is 4.79 Å². The van der Waals surface area contributed by atoms with Crippen LogP contribution in [-0.4, -0.2) is 65.9 Å². The van der Waals surface area contributed by atoms with Gasteiger partial charge in [-0.3, -0.25) is 15.0 Å². The fraction of sp³-hybridized carbons (Fsp3) is 0.800. The van der Waals surface area contributed by atoms with Crippen LogP contribution in [-0.2, 0) is 4.79 Å². The van der Waals surface area contributed by atoms with Crippen LogP contribution in [0.2, 0.25) is 0 Å². The maximum Gasteiger partial charge on any atom is 0.321 e. The second kappa shape index (κ2) is 8.91. The first-order chi connectivity index (χ1) is 8.06. The van der Waals surface area contributed by atoms with Crippen molar-refractivity contribution in [2.75, 3.05) is 32.8 Å². The smallest absolute Gasteiger partial charge is 0.321 e. The Hall–Kier alpha value is -1.18. The van der Waals surface area contributed by atoms with Gasteiger partial charge in [0.2, 0.25) is 5.91 Å². The highest BCUT2D eigenvalue weighted by atomic mass is 16.3. The van der Waals surface area contributed by atoms with Gasteiger partial charge in [-0.1, -0.05) is 0 Å². The van der Waals surface area contributed by atoms with Crippen molar-refractivity contribution in [3.63, 3.8) is 0 Å². The van der Waals surface area contributed by atoms with Gasteiger partial charge >= 0.3 is 6.03 Å². The average Bonchev–Trinajstić information content (AvgIpc) is 2.28. The van der Waals surface area contributed by atoms with E-state index in [0.717, 1.165) is 0 Å². The first kappa shape index (κ1) is 15.8. The first-order valence-electron chi connectivity index (χ1n) is 5.61. The fourth-order valence-electron chi connectivity index (χ4n) is 1.34. The summed E-state index contributed by atoms with van der Waals surface area (Å²) in [4.78, 5) is 24.4. The van der Waals surface area contributed by atoms with E-state index in [1.807, 2.05) is 0 Å². The van der Waals surface area contributed by atoms with Crippen LogP contribution >= 0.6 is 0 Å². The predicted molar refractivity (Wildman–Crippen MR) is 62.4 cm³/mol. The standard InChI is InChI=1S/C10H21N3O4/c1-3-11-10(17)12-9(16)8(2)13(4-6-14)5-7-15/h8,14-15H,3-7H2,1-2H3,(H2,11,12,16,17). The van der Waals surface area contributed by atoms with Crippen LogP contribution in [0.15, 0.2) is 0 Å². The molecule has 0 aliphatic carbocycles. The van der Waals surface area contributed by atoms with Gasteiger partial charge < -0.3 is 15.5 Å². The van der Waals surface area contributed by atoms with E-state index >= 15 is 0 Å². The molecule has 0 heterocycles. The molecule has 0 aromatic heterocycles. The van der Waals surface area contributed by atoms with Crippen molar-refractivity contribution in [2.45, 2.75) is 19.9 Å². The van der Waals surface area contributed by atoms with E-state index in [0.29, 0.717) is 6.54 Å². The summed E-state index contributed by atoms with van der Waals surface area (Å²) in [6.07, 6.45) is 0. The maximum atomic E-state index is 11.6. The van der Waals surface area contributed by atoms with Crippen molar-refractivity contribution in [1.82, 2.24) is 15.5 Å². The highest BCUT2D eigenvalue weighted by Crippen LogP contribution is 1.98. The second-order valence-electron chi connectivity index (χ2n) is 3.51. The van der Waals surface area contributed by atoms with Gasteiger partial charge in [-0.2, -0.15) is 0 Å². The molecule has 0 aliphatic rings. The second-order valence-corrected chi connectivity index (χ2v) is 3.51. The number of nitrogens with zero attached hydrogens (tertiary/aromatic N) is 1. The number of imide groups is 1. The van der Waals surface area contributed by atoms with Crippen LogP contribution < -0.4 is 10.6 Å². The van der Waals surface area contributed by atoms with E-state index in [1.54, 1.807) is 18.7 Å². The molecule has 1 atom stereocenters. The minimum Gasteiger partial charge on any atom is -0.395 e. The monoisotopic (exact) mass is 247 g/mol. The molecule has 7 nitrogen and oxygen atoms in total. The lowest BCUT2D eigenvalue weighted by atomic mass is 10.2. The van der Waals surface area contributed by atoms with Crippen molar-refractivity contribution in [2.24, 2.45) is 0 Å². The molecule has 17 heavy (non-hydrogen) atoms. The Bertz CT molecular complexity index is 242. The number of aliphatic hydroxyl groups is 2. The molecule has 3 amide bonds. The predicted octanol–water partition coefficient (Wildman–Crippen LogP) is -1.49. The Morgan fingerprint density at radius 2 is 1.76 bits per heavy atom. The molecule has 0 fully saturated rings. The Morgan fingerprint density at radius 3 is 2.18 bits per heavy atom. The largest absolute Gasteiger partial charge is 0.395 e. The summed E-state index contributed by atoms with van der Waals surface area (Å²) in [5.74, 6) is -0.460. The van der Waals surface area contributed by atoms with E-state index in [9.17, 15) is 9.59 Å². The van der Waals surface area contributed by atoms with Gasteiger partial charge in [0.15, 0.2) is 0 Å². The molecule has 0 radical (unpaired) electrons. The summed E-state index contributed by atoms with van der Waals surface area (Å²) in [5, 5.41) is 22.3. The summed E-state index contributed by atoms with van der Waals surface area (Å²) in [6, 6.07) is -1.13. The van der Waals surface area contributed by atoms with Crippen LogP contribution in [0.25, 0.3) is 0 Å². The number of nitrogens with one attached hydrogen (secondary N) is 2. The Morgan fingerprint density at radius 1 is 1.24 bits per heavy atom. The molecule has 0 aromatic carbocycles. The van der Waals surface area contributed by atoms with Gasteiger partial charge in [0.1, 0.15) is 0 Å². The van der Waals surface area contributed by atoms with E-state index < -0.39 is 18.0 Å². The molecule has 7 heteroatoms. The molecule has 4 N–H and O–H groups in total. The molecule has 100 valence electrons. The van der Waals surface area contributed by atoms with Crippen molar-refractivity contribution in [3.05, 3.63) is 0 Å². The molecule has 0 aromatic rings. The summed E-state index contributed by atoms with van der Waals surface area (Å²) >= 11 is 0. The SMILES string of the molecule is CCNC(=O)NC(=O)C(C)N(CCO)CCO. The third kappa shape index (κ3) is 6.20. The molecular weight excluding hydrogens is 226 g/mol. The number of hydrogen-bond donors (Lipinski definition) is 4. The average molecular weight is 247 g/mol. The van der Waals surface area contributed by atoms with Gasteiger partial charge in [0, 0.05) is 19.6 Å². The van der Waals surface area contributed by atoms with Crippen LogP contribution in [0.1, 0.15) is 13.8 Å². The highest BCUT2D eigenvalue weighted by Gasteiger charge is 2.21. The summed E-state index contributed by atoms with van der Waals surface area (Å²) < 4.78 is 0. The maximum absolute atomic E-state index is 11.6. The summed E-state index contributed by atoms with van der Waals surface area (Å²) in [7, 11) is 0. The summed E-state index contributed by atoms with van der Waals surface area (Å²) in [5.41, 5.74) is 0. The first-order valence-corrected chi connectivity index (χ1v) is 5.61. The number of amides is 3. The third-order valence-electron chi connectivity index (χ3n) is 2.28. The molecular formula is C10H21N3O4. The number of aliphatic hydroxyl groups excluding tert-OH is 2. The van der Waals surface area contributed by atoms with E-state index in [-0.39, 0.29) is 26.3 Å². The molecule has 0 spiro atoms. The zero-order chi connectivity index (χ0) is 13.3. The van der Waals surface area contributed by atoms with Crippen LogP contribution in [0.5, 0.6) is 0 Å². The number of hydrogen-bond acceptors (Lipinski definition) is 5. The Balaban J connectivity index is 4.28. The zero-order valence-corrected chi connectivity index (χ0v) is 10.3. The van der Waals surface area contributed by atoms with Crippen molar-refractivity contribution < 1.29 is 19.8 Å². The number of carbonyl (C=O) groups is 2. The summed E-state index contributed by atoms with van der Waals surface area (Å²) in [6.45, 7) is 4.11. The van der Waals surface area contributed by atoms with E-state index in [2.05, 4.69) is 10.6 Å². The van der Waals surface area contributed by atoms with Gasteiger partial charge in [-0.05, 0) is 13.8 Å². The Kier molecular flexibility index (Phi) is 8.29. The normalized spacial score (nSPS) is 12.3. The number of carbonyl (C=O) groups excluding carboxylic acids is 2. The van der Waals surface area contributed by atoms with Crippen molar-refractivity contribution >= 4 is 11.9 Å². The lowest BCUT2D eigenvalue weighted by Gasteiger charge is -2.26. The highest BCUT2D eigenvalue weighted by molar-refractivity contribution is 5.96. The van der Waals surface area contributed by atoms with E-state index in [1.165, 1.54) is 0 Å². The lowest BCUT2D eigenvalue weighted by molar-refractivity contribution is -0.125. The van der Waals surface area contributed by atoms with Gasteiger partial charge in [0.25, 0.3) is 0 Å². The topological polar surface area (TPSA) is 102 Å². The van der Waals surface area contributed by atoms with Crippen molar-refractivity contribution in [1.29, 1.82) is 0 Å². The Labute approximate surface area is 101 Å². The number of urea groups is 1. The van der Waals surface area contributed by atoms with Crippen LogP contribution in [0, 0.1) is 0 Å². The zero-order valence-electron chi connectivity index (χ0n) is 10.3. The van der Waals surface area contributed by atoms with E-state index in [4.69, 9.17) is 10.2 Å².